The zero-order chi connectivity index (χ0) is 26.6. The van der Waals surface area contributed by atoms with E-state index in [0.29, 0.717) is 36.6 Å². The Bertz CT molecular complexity index is 1310. The van der Waals surface area contributed by atoms with E-state index in [1.807, 2.05) is 73.6 Å². The predicted molar refractivity (Wildman–Crippen MR) is 154 cm³/mol. The van der Waals surface area contributed by atoms with Crippen molar-refractivity contribution in [1.29, 1.82) is 0 Å². The molecule has 1 aliphatic carbocycles. The number of nitrogens with zero attached hydrogens (tertiary/aromatic N) is 2. The average molecular weight is 580 g/mol. The number of halogens is 2. The minimum atomic E-state index is -3.85. The summed E-state index contributed by atoms with van der Waals surface area (Å²) < 4.78 is 35.0. The van der Waals surface area contributed by atoms with Crippen LogP contribution in [-0.2, 0) is 22.2 Å². The van der Waals surface area contributed by atoms with E-state index in [0.717, 1.165) is 11.1 Å². The summed E-state index contributed by atoms with van der Waals surface area (Å²) in [5.74, 6) is 0.493. The molecule has 0 spiro atoms. The van der Waals surface area contributed by atoms with E-state index in [2.05, 4.69) is 0 Å². The third-order valence-electron chi connectivity index (χ3n) is 7.24. The summed E-state index contributed by atoms with van der Waals surface area (Å²) in [6, 6.07) is 23.3. The zero-order valence-electron chi connectivity index (χ0n) is 22.0. The average Bonchev–Trinajstić information content (AvgIpc) is 2.89. The Morgan fingerprint density at radius 3 is 2.39 bits per heavy atom. The predicted octanol–water partition coefficient (Wildman–Crippen LogP) is 5.58. The van der Waals surface area contributed by atoms with Crippen LogP contribution in [0.25, 0.3) is 0 Å². The van der Waals surface area contributed by atoms with Crippen molar-refractivity contribution in [2.45, 2.75) is 42.3 Å². The molecule has 1 N–H and O–H groups in total. The van der Waals surface area contributed by atoms with Gasteiger partial charge < -0.3 is 14.7 Å². The van der Waals surface area contributed by atoms with Crippen LogP contribution in [0, 0.1) is 5.92 Å². The van der Waals surface area contributed by atoms with Gasteiger partial charge in [0, 0.05) is 30.1 Å². The molecule has 0 saturated heterocycles. The molecule has 0 aliphatic heterocycles. The molecule has 0 bridgehead atoms. The molecular weight excluding hydrogens is 543 g/mol. The lowest BCUT2D eigenvalue weighted by Crippen LogP contribution is -2.51. The summed E-state index contributed by atoms with van der Waals surface area (Å²) in [6.07, 6.45) is 1.46. The molecule has 0 heterocycles. The Morgan fingerprint density at radius 2 is 1.74 bits per heavy atom. The minimum Gasteiger partial charge on any atom is -0.497 e. The van der Waals surface area contributed by atoms with Gasteiger partial charge in [-0.3, -0.25) is 0 Å². The smallest absolute Gasteiger partial charge is 0.243 e. The lowest BCUT2D eigenvalue weighted by Gasteiger charge is -2.47. The molecule has 206 valence electrons. The van der Waals surface area contributed by atoms with Crippen molar-refractivity contribution in [3.63, 3.8) is 0 Å². The van der Waals surface area contributed by atoms with E-state index in [1.54, 1.807) is 29.6 Å². The van der Waals surface area contributed by atoms with Gasteiger partial charge in [0.15, 0.2) is 0 Å². The zero-order valence-corrected chi connectivity index (χ0v) is 24.3. The quantitative estimate of drug-likeness (QED) is 0.359. The normalized spacial score (nSPS) is 21.8. The highest BCUT2D eigenvalue weighted by Gasteiger charge is 2.47. The van der Waals surface area contributed by atoms with Crippen LogP contribution < -0.4 is 4.74 Å². The topological polar surface area (TPSA) is 70.1 Å². The van der Waals surface area contributed by atoms with Crippen molar-refractivity contribution in [2.75, 3.05) is 27.7 Å². The Balaban J connectivity index is 0.00000400. The minimum absolute atomic E-state index is 0. The van der Waals surface area contributed by atoms with Crippen molar-refractivity contribution >= 4 is 34.0 Å². The van der Waals surface area contributed by atoms with Crippen LogP contribution in [0.1, 0.15) is 30.4 Å². The van der Waals surface area contributed by atoms with E-state index in [9.17, 15) is 13.5 Å². The van der Waals surface area contributed by atoms with Gasteiger partial charge in [-0.2, -0.15) is 4.31 Å². The maximum atomic E-state index is 14.0. The van der Waals surface area contributed by atoms with Gasteiger partial charge in [-0.25, -0.2) is 8.42 Å². The lowest BCUT2D eigenvalue weighted by molar-refractivity contribution is -0.0763. The molecule has 1 aliphatic rings. The molecule has 6 nitrogen and oxygen atoms in total. The Morgan fingerprint density at radius 1 is 1.03 bits per heavy atom. The molecule has 3 atom stereocenters. The molecule has 3 aromatic carbocycles. The standard InChI is InChI=1S/C29H35ClN2O4S.ClH/c1-31(2)21-24-17-26(15-16-29(24,33)23-11-7-13-27(18-23)36-3)32(20-22-9-5-4-6-10-22)37(34,35)28-14-8-12-25(30)19-28;/h4-14,18-19,24,26,33H,15-17,20-21H2,1-3H3;1H. The first-order chi connectivity index (χ1) is 17.6. The Kier molecular flexibility index (Phi) is 10.3. The summed E-state index contributed by atoms with van der Waals surface area (Å²) in [5, 5.41) is 12.4. The fraction of sp³-hybridized carbons (Fsp3) is 0.379. The molecule has 1 saturated carbocycles. The highest BCUT2D eigenvalue weighted by atomic mass is 35.5. The van der Waals surface area contributed by atoms with Crippen molar-refractivity contribution in [3.8, 4) is 5.75 Å². The van der Waals surface area contributed by atoms with Crippen molar-refractivity contribution in [2.24, 2.45) is 5.92 Å². The number of aliphatic hydroxyl groups is 1. The molecule has 1 fully saturated rings. The first-order valence-corrected chi connectivity index (χ1v) is 14.3. The number of benzene rings is 3. The first kappa shape index (κ1) is 30.4. The molecule has 4 rings (SSSR count). The Labute approximate surface area is 237 Å². The molecule has 3 unspecified atom stereocenters. The van der Waals surface area contributed by atoms with Gasteiger partial charge >= 0.3 is 0 Å². The Hall–Kier alpha value is -2.13. The summed E-state index contributed by atoms with van der Waals surface area (Å²) >= 11 is 6.18. The first-order valence-electron chi connectivity index (χ1n) is 12.5. The number of hydrogen-bond donors (Lipinski definition) is 1. The van der Waals surface area contributed by atoms with Gasteiger partial charge in [0.1, 0.15) is 5.75 Å². The fourth-order valence-electron chi connectivity index (χ4n) is 5.37. The largest absolute Gasteiger partial charge is 0.497 e. The van der Waals surface area contributed by atoms with E-state index < -0.39 is 15.6 Å². The van der Waals surface area contributed by atoms with Crippen molar-refractivity contribution in [3.05, 3.63) is 95.0 Å². The molecule has 38 heavy (non-hydrogen) atoms. The monoisotopic (exact) mass is 578 g/mol. The van der Waals surface area contributed by atoms with E-state index in [4.69, 9.17) is 16.3 Å². The van der Waals surface area contributed by atoms with Gasteiger partial charge in [0.25, 0.3) is 0 Å². The second-order valence-corrected chi connectivity index (χ2v) is 12.4. The fourth-order valence-corrected chi connectivity index (χ4v) is 7.32. The van der Waals surface area contributed by atoms with E-state index in [-0.39, 0.29) is 35.8 Å². The number of hydrogen-bond acceptors (Lipinski definition) is 5. The SMILES string of the molecule is COc1cccc(C2(O)CCC(N(Cc3ccccc3)S(=O)(=O)c3cccc(Cl)c3)CC2CN(C)C)c1.Cl. The summed E-state index contributed by atoms with van der Waals surface area (Å²) in [7, 11) is 1.70. The van der Waals surface area contributed by atoms with Gasteiger partial charge in [-0.15, -0.1) is 12.4 Å². The second kappa shape index (κ2) is 12.8. The summed E-state index contributed by atoms with van der Waals surface area (Å²) in [5.41, 5.74) is 0.600. The molecular formula is C29H36Cl2N2O4S. The van der Waals surface area contributed by atoms with Crippen molar-refractivity contribution in [1.82, 2.24) is 9.21 Å². The molecule has 3 aromatic rings. The van der Waals surface area contributed by atoms with E-state index in [1.165, 1.54) is 6.07 Å². The van der Waals surface area contributed by atoms with Crippen LogP contribution in [0.5, 0.6) is 5.75 Å². The number of rotatable bonds is 9. The molecule has 0 aromatic heterocycles. The number of ether oxygens (including phenoxy) is 1. The van der Waals surface area contributed by atoms with Crippen LogP contribution in [0.3, 0.4) is 0 Å². The third kappa shape index (κ3) is 6.71. The highest BCUT2D eigenvalue weighted by molar-refractivity contribution is 7.89. The molecule has 9 heteroatoms. The van der Waals surface area contributed by atoms with Crippen LogP contribution >= 0.6 is 24.0 Å². The molecule has 0 amide bonds. The highest BCUT2D eigenvalue weighted by Crippen LogP contribution is 2.45. The van der Waals surface area contributed by atoms with Crippen LogP contribution in [0.4, 0.5) is 0 Å². The lowest BCUT2D eigenvalue weighted by atomic mass is 9.69. The maximum absolute atomic E-state index is 14.0. The van der Waals surface area contributed by atoms with Gasteiger partial charge in [-0.05, 0) is 74.8 Å². The molecule has 0 radical (unpaired) electrons. The van der Waals surface area contributed by atoms with Crippen LogP contribution in [-0.4, -0.2) is 56.5 Å². The van der Waals surface area contributed by atoms with Crippen LogP contribution in [0.2, 0.25) is 5.02 Å². The summed E-state index contributed by atoms with van der Waals surface area (Å²) in [4.78, 5) is 2.22. The van der Waals surface area contributed by atoms with Crippen LogP contribution in [0.15, 0.2) is 83.8 Å². The van der Waals surface area contributed by atoms with E-state index >= 15 is 0 Å². The number of sulfonamides is 1. The van der Waals surface area contributed by atoms with Crippen molar-refractivity contribution < 1.29 is 18.3 Å². The second-order valence-electron chi connectivity index (χ2n) is 10.0. The summed E-state index contributed by atoms with van der Waals surface area (Å²) in [6.45, 7) is 0.854. The third-order valence-corrected chi connectivity index (χ3v) is 9.37. The van der Waals surface area contributed by atoms with Gasteiger partial charge in [0.05, 0.1) is 17.6 Å². The van der Waals surface area contributed by atoms with Gasteiger partial charge in [0.2, 0.25) is 10.0 Å². The maximum Gasteiger partial charge on any atom is 0.243 e. The van der Waals surface area contributed by atoms with Gasteiger partial charge in [-0.1, -0.05) is 60.1 Å². The number of methoxy groups -OCH3 is 1.